The average molecular weight is 209 g/mol. The van der Waals surface area contributed by atoms with E-state index in [-0.39, 0.29) is 5.54 Å². The number of aromatic nitrogens is 2. The second kappa shape index (κ2) is 4.93. The van der Waals surface area contributed by atoms with E-state index in [0.29, 0.717) is 6.54 Å². The monoisotopic (exact) mass is 209 g/mol. The minimum absolute atomic E-state index is 0.155. The first-order valence-corrected chi connectivity index (χ1v) is 5.11. The van der Waals surface area contributed by atoms with Gasteiger partial charge >= 0.3 is 0 Å². The molecular formula is C10H19N5. The van der Waals surface area contributed by atoms with Gasteiger partial charge in [-0.1, -0.05) is 0 Å². The SMILES string of the molecule is CCNc1cc(NC(C)(C)CN)ncn1. The van der Waals surface area contributed by atoms with Gasteiger partial charge in [0.25, 0.3) is 0 Å². The Labute approximate surface area is 90.5 Å². The average Bonchev–Trinajstić information content (AvgIpc) is 2.18. The van der Waals surface area contributed by atoms with Crippen LogP contribution in [0.1, 0.15) is 20.8 Å². The second-order valence-electron chi connectivity index (χ2n) is 4.03. The number of hydrogen-bond donors (Lipinski definition) is 3. The molecule has 0 saturated heterocycles. The fourth-order valence-corrected chi connectivity index (χ4v) is 1.10. The van der Waals surface area contributed by atoms with Gasteiger partial charge in [0.05, 0.1) is 0 Å². The van der Waals surface area contributed by atoms with Crippen molar-refractivity contribution in [1.82, 2.24) is 9.97 Å². The molecule has 1 aromatic heterocycles. The zero-order valence-corrected chi connectivity index (χ0v) is 9.54. The molecule has 84 valence electrons. The third-order valence-electron chi connectivity index (χ3n) is 2.00. The van der Waals surface area contributed by atoms with Crippen molar-refractivity contribution in [3.8, 4) is 0 Å². The van der Waals surface area contributed by atoms with Gasteiger partial charge in [0.1, 0.15) is 18.0 Å². The first-order chi connectivity index (χ1) is 7.07. The smallest absolute Gasteiger partial charge is 0.131 e. The van der Waals surface area contributed by atoms with Crippen LogP contribution < -0.4 is 16.4 Å². The van der Waals surface area contributed by atoms with Crippen LogP contribution in [0.3, 0.4) is 0 Å². The van der Waals surface area contributed by atoms with Gasteiger partial charge in [0.2, 0.25) is 0 Å². The molecule has 5 nitrogen and oxygen atoms in total. The summed E-state index contributed by atoms with van der Waals surface area (Å²) in [7, 11) is 0. The summed E-state index contributed by atoms with van der Waals surface area (Å²) in [4.78, 5) is 8.23. The van der Waals surface area contributed by atoms with E-state index in [1.54, 1.807) is 0 Å². The van der Waals surface area contributed by atoms with Gasteiger partial charge in [0, 0.05) is 24.7 Å². The fraction of sp³-hybridized carbons (Fsp3) is 0.600. The van der Waals surface area contributed by atoms with Crippen LogP contribution in [0.25, 0.3) is 0 Å². The Balaban J connectivity index is 2.73. The summed E-state index contributed by atoms with van der Waals surface area (Å²) in [5.41, 5.74) is 5.47. The molecule has 1 rings (SSSR count). The summed E-state index contributed by atoms with van der Waals surface area (Å²) in [5, 5.41) is 6.38. The molecular weight excluding hydrogens is 190 g/mol. The van der Waals surface area contributed by atoms with E-state index in [9.17, 15) is 0 Å². The fourth-order valence-electron chi connectivity index (χ4n) is 1.10. The molecule has 4 N–H and O–H groups in total. The zero-order valence-electron chi connectivity index (χ0n) is 9.54. The molecule has 5 heteroatoms. The van der Waals surface area contributed by atoms with E-state index in [2.05, 4.69) is 20.6 Å². The van der Waals surface area contributed by atoms with E-state index >= 15 is 0 Å². The summed E-state index contributed by atoms with van der Waals surface area (Å²) < 4.78 is 0. The van der Waals surface area contributed by atoms with E-state index in [1.807, 2.05) is 26.8 Å². The number of rotatable bonds is 5. The van der Waals surface area contributed by atoms with Crippen LogP contribution in [0.15, 0.2) is 12.4 Å². The van der Waals surface area contributed by atoms with Crippen LogP contribution in [0.5, 0.6) is 0 Å². The van der Waals surface area contributed by atoms with Crippen LogP contribution in [-0.4, -0.2) is 28.6 Å². The Morgan fingerprint density at radius 2 is 2.00 bits per heavy atom. The van der Waals surface area contributed by atoms with E-state index in [0.717, 1.165) is 18.2 Å². The van der Waals surface area contributed by atoms with Crippen molar-refractivity contribution in [2.75, 3.05) is 23.7 Å². The third kappa shape index (κ3) is 3.71. The lowest BCUT2D eigenvalue weighted by Gasteiger charge is -2.24. The number of nitrogens with two attached hydrogens (primary N) is 1. The molecule has 0 spiro atoms. The number of anilines is 2. The first kappa shape index (κ1) is 11.7. The van der Waals surface area contributed by atoms with Crippen LogP contribution in [0.2, 0.25) is 0 Å². The number of hydrogen-bond acceptors (Lipinski definition) is 5. The molecule has 0 atom stereocenters. The standard InChI is InChI=1S/C10H19N5/c1-4-12-8-5-9(14-7-13-8)15-10(2,3)6-11/h5,7H,4,6,11H2,1-3H3,(H2,12,13,14,15). The quantitative estimate of drug-likeness (QED) is 0.676. The summed E-state index contributed by atoms with van der Waals surface area (Å²) in [6, 6.07) is 1.88. The van der Waals surface area contributed by atoms with Gasteiger partial charge in [-0.15, -0.1) is 0 Å². The Kier molecular flexibility index (Phi) is 3.85. The maximum atomic E-state index is 5.63. The second-order valence-corrected chi connectivity index (χ2v) is 4.03. The lowest BCUT2D eigenvalue weighted by atomic mass is 10.1. The third-order valence-corrected chi connectivity index (χ3v) is 2.00. The number of nitrogens with one attached hydrogen (secondary N) is 2. The summed E-state index contributed by atoms with van der Waals surface area (Å²) >= 11 is 0. The van der Waals surface area contributed by atoms with Crippen LogP contribution in [0.4, 0.5) is 11.6 Å². The van der Waals surface area contributed by atoms with E-state index in [4.69, 9.17) is 5.73 Å². The van der Waals surface area contributed by atoms with E-state index in [1.165, 1.54) is 6.33 Å². The molecule has 1 aromatic rings. The minimum Gasteiger partial charge on any atom is -0.370 e. The topological polar surface area (TPSA) is 75.9 Å². The van der Waals surface area contributed by atoms with Crippen molar-refractivity contribution in [3.63, 3.8) is 0 Å². The highest BCUT2D eigenvalue weighted by Gasteiger charge is 2.15. The van der Waals surface area contributed by atoms with Crippen molar-refractivity contribution in [2.45, 2.75) is 26.3 Å². The Hall–Kier alpha value is -1.36. The van der Waals surface area contributed by atoms with Crippen molar-refractivity contribution in [2.24, 2.45) is 5.73 Å². The molecule has 1 heterocycles. The van der Waals surface area contributed by atoms with Crippen LogP contribution in [0, 0.1) is 0 Å². The normalized spacial score (nSPS) is 11.2. The number of nitrogens with zero attached hydrogens (tertiary/aromatic N) is 2. The molecule has 0 aliphatic rings. The van der Waals surface area contributed by atoms with E-state index < -0.39 is 0 Å². The largest absolute Gasteiger partial charge is 0.370 e. The van der Waals surface area contributed by atoms with Gasteiger partial charge in [-0.05, 0) is 20.8 Å². The van der Waals surface area contributed by atoms with Gasteiger partial charge in [0.15, 0.2) is 0 Å². The van der Waals surface area contributed by atoms with Crippen molar-refractivity contribution >= 4 is 11.6 Å². The predicted molar refractivity (Wildman–Crippen MR) is 63.0 cm³/mol. The Morgan fingerprint density at radius 3 is 2.60 bits per heavy atom. The molecule has 0 amide bonds. The minimum atomic E-state index is -0.155. The summed E-state index contributed by atoms with van der Waals surface area (Å²) in [6.45, 7) is 7.48. The molecule has 0 bridgehead atoms. The molecule has 0 saturated carbocycles. The highest BCUT2D eigenvalue weighted by Crippen LogP contribution is 2.13. The van der Waals surface area contributed by atoms with Crippen molar-refractivity contribution in [3.05, 3.63) is 12.4 Å². The maximum Gasteiger partial charge on any atom is 0.131 e. The highest BCUT2D eigenvalue weighted by molar-refractivity contribution is 5.47. The van der Waals surface area contributed by atoms with Gasteiger partial charge < -0.3 is 16.4 Å². The summed E-state index contributed by atoms with van der Waals surface area (Å²) in [5.74, 6) is 1.61. The first-order valence-electron chi connectivity index (χ1n) is 5.11. The lowest BCUT2D eigenvalue weighted by molar-refractivity contribution is 0.577. The predicted octanol–water partition coefficient (Wildman–Crippen LogP) is 1.06. The molecule has 15 heavy (non-hydrogen) atoms. The van der Waals surface area contributed by atoms with Crippen molar-refractivity contribution < 1.29 is 0 Å². The van der Waals surface area contributed by atoms with Crippen LogP contribution in [-0.2, 0) is 0 Å². The molecule has 0 aliphatic heterocycles. The Morgan fingerprint density at radius 1 is 1.33 bits per heavy atom. The van der Waals surface area contributed by atoms with Gasteiger partial charge in [-0.25, -0.2) is 9.97 Å². The molecule has 0 aromatic carbocycles. The molecule has 0 unspecified atom stereocenters. The maximum absolute atomic E-state index is 5.63. The lowest BCUT2D eigenvalue weighted by Crippen LogP contribution is -2.39. The van der Waals surface area contributed by atoms with Crippen LogP contribution >= 0.6 is 0 Å². The zero-order chi connectivity index (χ0) is 11.3. The van der Waals surface area contributed by atoms with Crippen molar-refractivity contribution in [1.29, 1.82) is 0 Å². The molecule has 0 fully saturated rings. The molecule has 0 radical (unpaired) electrons. The Bertz CT molecular complexity index is 310. The molecule has 0 aliphatic carbocycles. The van der Waals surface area contributed by atoms with Gasteiger partial charge in [-0.3, -0.25) is 0 Å². The highest BCUT2D eigenvalue weighted by atomic mass is 15.1. The van der Waals surface area contributed by atoms with Gasteiger partial charge in [-0.2, -0.15) is 0 Å². The summed E-state index contributed by atoms with van der Waals surface area (Å²) in [6.07, 6.45) is 1.53.